The summed E-state index contributed by atoms with van der Waals surface area (Å²) in [6.07, 6.45) is 0. The minimum atomic E-state index is 0.486. The van der Waals surface area contributed by atoms with E-state index in [1.807, 2.05) is 18.7 Å². The summed E-state index contributed by atoms with van der Waals surface area (Å²) >= 11 is 0. The molecule has 0 spiro atoms. The molecule has 4 heteroatoms. The van der Waals surface area contributed by atoms with Crippen molar-refractivity contribution in [3.05, 3.63) is 17.5 Å². The molecular weight excluding hydrogens is 188 g/mol. The van der Waals surface area contributed by atoms with Crippen LogP contribution in [0.25, 0.3) is 0 Å². The lowest BCUT2D eigenvalue weighted by atomic mass is 10.3. The summed E-state index contributed by atoms with van der Waals surface area (Å²) < 4.78 is 1.93. The summed E-state index contributed by atoms with van der Waals surface area (Å²) in [6, 6.07) is 2.60. The normalized spacial score (nSPS) is 13.1. The number of rotatable bonds is 6. The smallest absolute Gasteiger partial charge is 0.0597 e. The monoisotopic (exact) mass is 210 g/mol. The quantitative estimate of drug-likeness (QED) is 0.730. The molecule has 0 aromatic carbocycles. The van der Waals surface area contributed by atoms with Crippen molar-refractivity contribution in [2.75, 3.05) is 13.1 Å². The van der Waals surface area contributed by atoms with Gasteiger partial charge in [-0.2, -0.15) is 5.10 Å². The Hall–Kier alpha value is -0.870. The van der Waals surface area contributed by atoms with Crippen molar-refractivity contribution in [2.24, 2.45) is 7.05 Å². The Balaban J connectivity index is 2.33. The van der Waals surface area contributed by atoms with Crippen LogP contribution in [0.1, 0.15) is 25.2 Å². The van der Waals surface area contributed by atoms with Crippen molar-refractivity contribution in [3.63, 3.8) is 0 Å². The maximum Gasteiger partial charge on any atom is 0.0597 e. The third-order valence-corrected chi connectivity index (χ3v) is 2.43. The Bertz CT molecular complexity index is 293. The second-order valence-electron chi connectivity index (χ2n) is 3.99. The molecule has 1 atom stereocenters. The van der Waals surface area contributed by atoms with Crippen LogP contribution in [0, 0.1) is 6.92 Å². The molecule has 0 aliphatic rings. The highest BCUT2D eigenvalue weighted by Gasteiger charge is 2.04. The van der Waals surface area contributed by atoms with E-state index in [9.17, 15) is 0 Å². The van der Waals surface area contributed by atoms with Crippen molar-refractivity contribution < 1.29 is 0 Å². The van der Waals surface area contributed by atoms with Gasteiger partial charge < -0.3 is 10.6 Å². The first-order valence-corrected chi connectivity index (χ1v) is 5.57. The Morgan fingerprint density at radius 3 is 2.80 bits per heavy atom. The van der Waals surface area contributed by atoms with E-state index in [4.69, 9.17) is 0 Å². The van der Waals surface area contributed by atoms with E-state index < -0.39 is 0 Å². The van der Waals surface area contributed by atoms with Gasteiger partial charge in [-0.05, 0) is 26.5 Å². The van der Waals surface area contributed by atoms with E-state index in [2.05, 4.69) is 35.6 Å². The summed E-state index contributed by atoms with van der Waals surface area (Å²) in [5.74, 6) is 0. The van der Waals surface area contributed by atoms with Crippen molar-refractivity contribution in [2.45, 2.75) is 33.4 Å². The zero-order chi connectivity index (χ0) is 11.3. The van der Waals surface area contributed by atoms with Crippen molar-refractivity contribution in [1.29, 1.82) is 0 Å². The van der Waals surface area contributed by atoms with Crippen molar-refractivity contribution >= 4 is 0 Å². The number of likely N-dealkylation sites (N-methyl/N-ethyl adjacent to an activating group) is 1. The molecule has 1 aromatic rings. The second kappa shape index (κ2) is 5.88. The van der Waals surface area contributed by atoms with Crippen LogP contribution >= 0.6 is 0 Å². The van der Waals surface area contributed by atoms with Gasteiger partial charge in [-0.1, -0.05) is 6.92 Å². The molecule has 0 fully saturated rings. The van der Waals surface area contributed by atoms with Crippen LogP contribution in [0.2, 0.25) is 0 Å². The average Bonchev–Trinajstić information content (AvgIpc) is 2.51. The molecule has 0 saturated carbocycles. The van der Waals surface area contributed by atoms with E-state index in [0.29, 0.717) is 6.04 Å². The van der Waals surface area contributed by atoms with Crippen molar-refractivity contribution in [1.82, 2.24) is 20.4 Å². The number of aryl methyl sites for hydroxylation is 2. The zero-order valence-electron chi connectivity index (χ0n) is 10.2. The molecule has 4 nitrogen and oxygen atoms in total. The Morgan fingerprint density at radius 2 is 2.27 bits per heavy atom. The highest BCUT2D eigenvalue weighted by atomic mass is 15.3. The molecule has 1 unspecified atom stereocenters. The molecule has 2 N–H and O–H groups in total. The maximum absolute atomic E-state index is 4.31. The summed E-state index contributed by atoms with van der Waals surface area (Å²) in [4.78, 5) is 0. The first-order valence-electron chi connectivity index (χ1n) is 5.57. The lowest BCUT2D eigenvalue weighted by molar-refractivity contribution is 0.496. The van der Waals surface area contributed by atoms with Gasteiger partial charge in [-0.15, -0.1) is 0 Å². The summed E-state index contributed by atoms with van der Waals surface area (Å²) in [6.45, 7) is 9.24. The third kappa shape index (κ3) is 4.01. The predicted octanol–water partition coefficient (Wildman–Crippen LogP) is 0.816. The fraction of sp³-hybridized carbons (Fsp3) is 0.727. The standard InChI is InChI=1S/C11H22N4/c1-5-12-7-10(3)13-8-11-6-9(2)14-15(11)4/h6,10,12-13H,5,7-8H2,1-4H3. The molecule has 15 heavy (non-hydrogen) atoms. The first kappa shape index (κ1) is 12.2. The van der Waals surface area contributed by atoms with E-state index in [1.54, 1.807) is 0 Å². The fourth-order valence-electron chi connectivity index (χ4n) is 1.54. The van der Waals surface area contributed by atoms with Gasteiger partial charge >= 0.3 is 0 Å². The molecule has 0 bridgehead atoms. The van der Waals surface area contributed by atoms with Crippen LogP contribution in [-0.2, 0) is 13.6 Å². The van der Waals surface area contributed by atoms with Gasteiger partial charge in [0.2, 0.25) is 0 Å². The summed E-state index contributed by atoms with van der Waals surface area (Å²) in [7, 11) is 1.99. The number of hydrogen-bond donors (Lipinski definition) is 2. The van der Waals surface area contributed by atoms with Crippen LogP contribution in [0.4, 0.5) is 0 Å². The lowest BCUT2D eigenvalue weighted by Crippen LogP contribution is -2.36. The summed E-state index contributed by atoms with van der Waals surface area (Å²) in [5.41, 5.74) is 2.31. The van der Waals surface area contributed by atoms with Crippen LogP contribution in [-0.4, -0.2) is 28.9 Å². The molecule has 0 aliphatic carbocycles. The molecule has 0 radical (unpaired) electrons. The van der Waals surface area contributed by atoms with Crippen LogP contribution in [0.5, 0.6) is 0 Å². The van der Waals surface area contributed by atoms with Gasteiger partial charge in [0.1, 0.15) is 0 Å². The number of nitrogens with zero attached hydrogens (tertiary/aromatic N) is 2. The van der Waals surface area contributed by atoms with Gasteiger partial charge in [0.25, 0.3) is 0 Å². The highest BCUT2D eigenvalue weighted by molar-refractivity contribution is 5.08. The largest absolute Gasteiger partial charge is 0.315 e. The van der Waals surface area contributed by atoms with E-state index >= 15 is 0 Å². The van der Waals surface area contributed by atoms with Crippen molar-refractivity contribution in [3.8, 4) is 0 Å². The molecule has 0 saturated heterocycles. The SMILES string of the molecule is CCNCC(C)NCc1cc(C)nn1C. The van der Waals surface area contributed by atoms with Gasteiger partial charge in [0.05, 0.1) is 11.4 Å². The lowest BCUT2D eigenvalue weighted by Gasteiger charge is -2.13. The maximum atomic E-state index is 4.31. The molecule has 1 rings (SSSR count). The zero-order valence-corrected chi connectivity index (χ0v) is 10.2. The highest BCUT2D eigenvalue weighted by Crippen LogP contribution is 2.01. The molecular formula is C11H22N4. The minimum absolute atomic E-state index is 0.486. The number of nitrogens with one attached hydrogen (secondary N) is 2. The average molecular weight is 210 g/mol. The Labute approximate surface area is 92.1 Å². The van der Waals surface area contributed by atoms with Gasteiger partial charge in [-0.3, -0.25) is 4.68 Å². The summed E-state index contributed by atoms with van der Waals surface area (Å²) in [5, 5.41) is 11.1. The predicted molar refractivity (Wildman–Crippen MR) is 62.8 cm³/mol. The van der Waals surface area contributed by atoms with E-state index in [-0.39, 0.29) is 0 Å². The van der Waals surface area contributed by atoms with Gasteiger partial charge in [0, 0.05) is 26.2 Å². The van der Waals surface area contributed by atoms with Gasteiger partial charge in [0.15, 0.2) is 0 Å². The minimum Gasteiger partial charge on any atom is -0.315 e. The first-order chi connectivity index (χ1) is 7.13. The number of aromatic nitrogens is 2. The topological polar surface area (TPSA) is 41.9 Å². The Kier molecular flexibility index (Phi) is 4.78. The molecule has 0 amide bonds. The van der Waals surface area contributed by atoms with Crippen LogP contribution in [0.3, 0.4) is 0 Å². The van der Waals surface area contributed by atoms with E-state index in [1.165, 1.54) is 5.69 Å². The molecule has 86 valence electrons. The molecule has 0 aliphatic heterocycles. The van der Waals surface area contributed by atoms with Gasteiger partial charge in [-0.25, -0.2) is 0 Å². The Morgan fingerprint density at radius 1 is 1.53 bits per heavy atom. The van der Waals surface area contributed by atoms with Crippen LogP contribution < -0.4 is 10.6 Å². The van der Waals surface area contributed by atoms with Crippen LogP contribution in [0.15, 0.2) is 6.07 Å². The molecule has 1 aromatic heterocycles. The number of hydrogen-bond acceptors (Lipinski definition) is 3. The third-order valence-electron chi connectivity index (χ3n) is 2.43. The molecule has 1 heterocycles. The van der Waals surface area contributed by atoms with E-state index in [0.717, 1.165) is 25.3 Å². The fourth-order valence-corrected chi connectivity index (χ4v) is 1.54. The second-order valence-corrected chi connectivity index (χ2v) is 3.99.